The third-order valence-corrected chi connectivity index (χ3v) is 7.49. The van der Waals surface area contributed by atoms with E-state index in [1.54, 1.807) is 17.2 Å². The van der Waals surface area contributed by atoms with Gasteiger partial charge < -0.3 is 9.57 Å². The number of carbonyl (C=O) groups excluding carboxylic acids is 2. The fraction of sp³-hybridized carbons (Fsp3) is 0.346. The lowest BCUT2D eigenvalue weighted by Crippen LogP contribution is -2.40. The maximum Gasteiger partial charge on any atom is 0.493 e. The number of nitrogens with one attached hydrogen (secondary N) is 1. The Bertz CT molecular complexity index is 1240. The van der Waals surface area contributed by atoms with Gasteiger partial charge in [0.05, 0.1) is 5.52 Å². The molecule has 0 radical (unpaired) electrons. The predicted molar refractivity (Wildman–Crippen MR) is 129 cm³/mol. The summed E-state index contributed by atoms with van der Waals surface area (Å²) in [6.07, 6.45) is -2.67. The van der Waals surface area contributed by atoms with E-state index in [0.717, 1.165) is 52.1 Å². The van der Waals surface area contributed by atoms with Crippen LogP contribution in [-0.2, 0) is 21.0 Å². The molecule has 3 aromatic rings. The van der Waals surface area contributed by atoms with Crippen molar-refractivity contribution >= 4 is 34.5 Å². The number of nitrogens with zero attached hydrogens (tertiary/aromatic N) is 1. The molecule has 0 atom stereocenters. The molecule has 1 saturated carbocycles. The van der Waals surface area contributed by atoms with Crippen LogP contribution >= 0.6 is 11.8 Å². The van der Waals surface area contributed by atoms with Crippen LogP contribution in [0.3, 0.4) is 0 Å². The normalized spacial score (nSPS) is 14.7. The molecule has 0 unspecified atom stereocenters. The van der Waals surface area contributed by atoms with Gasteiger partial charge in [-0.15, -0.1) is 11.8 Å². The van der Waals surface area contributed by atoms with Crippen LogP contribution in [-0.4, -0.2) is 28.8 Å². The number of benzene rings is 2. The van der Waals surface area contributed by atoms with Crippen LogP contribution in [0.1, 0.15) is 36.9 Å². The zero-order chi connectivity index (χ0) is 25.8. The van der Waals surface area contributed by atoms with Crippen molar-refractivity contribution in [2.75, 3.05) is 5.75 Å². The summed E-state index contributed by atoms with van der Waals surface area (Å²) in [5.41, 5.74) is 4.20. The minimum Gasteiger partial charge on any atom is -0.489 e. The molecule has 1 aliphatic rings. The molecule has 1 aromatic heterocycles. The summed E-state index contributed by atoms with van der Waals surface area (Å²) in [4.78, 5) is 32.2. The Hall–Kier alpha value is -3.27. The van der Waals surface area contributed by atoms with Gasteiger partial charge >= 0.3 is 12.1 Å². The minimum atomic E-state index is -5.15. The Morgan fingerprint density at radius 2 is 1.83 bits per heavy atom. The Balaban J connectivity index is 1.29. The lowest BCUT2D eigenvalue weighted by Gasteiger charge is -2.41. The molecule has 6 nitrogen and oxygen atoms in total. The van der Waals surface area contributed by atoms with Gasteiger partial charge in [0.1, 0.15) is 12.4 Å². The lowest BCUT2D eigenvalue weighted by molar-refractivity contribution is -0.207. The van der Waals surface area contributed by atoms with E-state index in [1.807, 2.05) is 61.5 Å². The first-order valence-electron chi connectivity index (χ1n) is 11.4. The fourth-order valence-electron chi connectivity index (χ4n) is 4.13. The largest absolute Gasteiger partial charge is 0.493 e. The molecule has 1 heterocycles. The summed E-state index contributed by atoms with van der Waals surface area (Å²) in [6, 6.07) is 17.6. The van der Waals surface area contributed by atoms with Gasteiger partial charge in [0, 0.05) is 33.7 Å². The summed E-state index contributed by atoms with van der Waals surface area (Å²) < 4.78 is 42.7. The molecule has 0 aliphatic heterocycles. The molecule has 190 valence electrons. The third kappa shape index (κ3) is 6.48. The summed E-state index contributed by atoms with van der Waals surface area (Å²) in [5.74, 6) is -1.84. The van der Waals surface area contributed by atoms with E-state index in [0.29, 0.717) is 12.4 Å². The second-order valence-electron chi connectivity index (χ2n) is 8.93. The number of carbonyl (C=O) groups is 2. The molecular weight excluding hydrogens is 493 g/mol. The van der Waals surface area contributed by atoms with Crippen molar-refractivity contribution in [3.05, 3.63) is 65.9 Å². The van der Waals surface area contributed by atoms with E-state index in [-0.39, 0.29) is 11.8 Å². The number of hydroxylamine groups is 1. The molecule has 1 aliphatic carbocycles. The van der Waals surface area contributed by atoms with Crippen molar-refractivity contribution in [2.45, 2.75) is 50.3 Å². The number of hydrogen-bond donors (Lipinski definition) is 1. The summed E-state index contributed by atoms with van der Waals surface area (Å²) in [6.45, 7) is 2.36. The number of aromatic nitrogens is 1. The number of para-hydroxylation sites is 1. The maximum atomic E-state index is 12.2. The van der Waals surface area contributed by atoms with Crippen molar-refractivity contribution in [3.63, 3.8) is 0 Å². The number of ether oxygens (including phenoxy) is 1. The SMILES string of the molecule is Cc1cc(COc2ccc(SCC3(CC(=O)NOC(=O)C(F)(F)F)CCC3)cc2)c2ccccc2n1. The molecule has 10 heteroatoms. The van der Waals surface area contributed by atoms with Gasteiger partial charge in [-0.25, -0.2) is 4.79 Å². The molecule has 0 saturated heterocycles. The minimum absolute atomic E-state index is 0.00830. The highest BCUT2D eigenvalue weighted by Crippen LogP contribution is 2.47. The van der Waals surface area contributed by atoms with Gasteiger partial charge in [0.2, 0.25) is 0 Å². The summed E-state index contributed by atoms with van der Waals surface area (Å²) in [5, 5.41) is 1.05. The second-order valence-corrected chi connectivity index (χ2v) is 9.98. The molecule has 36 heavy (non-hydrogen) atoms. The molecule has 0 bridgehead atoms. The van der Waals surface area contributed by atoms with Gasteiger partial charge in [0.15, 0.2) is 0 Å². The number of aryl methyl sites for hydroxylation is 1. The first kappa shape index (κ1) is 25.8. The lowest BCUT2D eigenvalue weighted by atomic mass is 9.68. The number of pyridine rings is 1. The number of hydrogen-bond acceptors (Lipinski definition) is 6. The van der Waals surface area contributed by atoms with Gasteiger partial charge in [-0.1, -0.05) is 24.6 Å². The van der Waals surface area contributed by atoms with Crippen LogP contribution in [0.4, 0.5) is 13.2 Å². The number of alkyl halides is 3. The molecule has 1 amide bonds. The standard InChI is InChI=1S/C26H25F3N2O4S/c1-17-13-18(21-5-2-3-6-22(21)30-17)15-34-19-7-9-20(10-8-19)36-16-25(11-4-12-25)14-23(32)31-35-24(33)26(27,28)29/h2-3,5-10,13H,4,11-12,14-16H2,1H3,(H,31,32). The van der Waals surface area contributed by atoms with Gasteiger partial charge in [-0.3, -0.25) is 9.78 Å². The topological polar surface area (TPSA) is 77.5 Å². The Morgan fingerprint density at radius 1 is 1.11 bits per heavy atom. The predicted octanol–water partition coefficient (Wildman–Crippen LogP) is 5.91. The maximum absolute atomic E-state index is 12.2. The summed E-state index contributed by atoms with van der Waals surface area (Å²) >= 11 is 1.57. The smallest absolute Gasteiger partial charge is 0.489 e. The van der Waals surface area contributed by atoms with Crippen LogP contribution < -0.4 is 10.2 Å². The highest BCUT2D eigenvalue weighted by atomic mass is 32.2. The molecular formula is C26H25F3N2O4S. The zero-order valence-electron chi connectivity index (χ0n) is 19.6. The van der Waals surface area contributed by atoms with E-state index >= 15 is 0 Å². The van der Waals surface area contributed by atoms with Crippen LogP contribution in [0.15, 0.2) is 59.5 Å². The van der Waals surface area contributed by atoms with Gasteiger partial charge in [-0.2, -0.15) is 18.7 Å². The van der Waals surface area contributed by atoms with Crippen LogP contribution in [0, 0.1) is 12.3 Å². The van der Waals surface area contributed by atoms with Crippen LogP contribution in [0.25, 0.3) is 10.9 Å². The zero-order valence-corrected chi connectivity index (χ0v) is 20.4. The van der Waals surface area contributed by atoms with Gasteiger partial charge in [0.25, 0.3) is 5.91 Å². The average Bonchev–Trinajstić information content (AvgIpc) is 2.82. The van der Waals surface area contributed by atoms with Crippen molar-refractivity contribution in [3.8, 4) is 5.75 Å². The van der Waals surface area contributed by atoms with Crippen LogP contribution in [0.2, 0.25) is 0 Å². The first-order valence-corrected chi connectivity index (χ1v) is 12.4. The average molecular weight is 519 g/mol. The van der Waals surface area contributed by atoms with Crippen molar-refractivity contribution in [1.82, 2.24) is 10.5 Å². The van der Waals surface area contributed by atoms with Crippen LogP contribution in [0.5, 0.6) is 5.75 Å². The van der Waals surface area contributed by atoms with E-state index < -0.39 is 18.1 Å². The number of halogens is 3. The van der Waals surface area contributed by atoms with E-state index in [1.165, 1.54) is 0 Å². The molecule has 4 rings (SSSR count). The molecule has 0 spiro atoms. The van der Waals surface area contributed by atoms with Gasteiger partial charge in [-0.05, 0) is 61.6 Å². The highest BCUT2D eigenvalue weighted by Gasteiger charge is 2.43. The van der Waals surface area contributed by atoms with Crippen molar-refractivity contribution in [1.29, 1.82) is 0 Å². The highest BCUT2D eigenvalue weighted by molar-refractivity contribution is 7.99. The fourth-order valence-corrected chi connectivity index (χ4v) is 5.32. The number of fused-ring (bicyclic) bond motifs is 1. The Morgan fingerprint density at radius 3 is 2.50 bits per heavy atom. The van der Waals surface area contributed by atoms with E-state index in [4.69, 9.17) is 4.74 Å². The molecule has 1 N–H and O–H groups in total. The third-order valence-electron chi connectivity index (χ3n) is 6.13. The van der Waals surface area contributed by atoms with E-state index in [9.17, 15) is 22.8 Å². The Labute approximate surface area is 210 Å². The van der Waals surface area contributed by atoms with E-state index in [2.05, 4.69) is 9.82 Å². The quantitative estimate of drug-likeness (QED) is 0.295. The van der Waals surface area contributed by atoms with Crippen molar-refractivity contribution in [2.24, 2.45) is 5.41 Å². The number of thioether (sulfide) groups is 1. The molecule has 2 aromatic carbocycles. The second kappa shape index (κ2) is 10.8. The van der Waals surface area contributed by atoms with Crippen molar-refractivity contribution < 1.29 is 32.3 Å². The Kier molecular flexibility index (Phi) is 7.73. The summed E-state index contributed by atoms with van der Waals surface area (Å²) in [7, 11) is 0. The molecule has 1 fully saturated rings. The monoisotopic (exact) mass is 518 g/mol. The number of rotatable bonds is 8. The first-order chi connectivity index (χ1) is 17.1. The number of amides is 1.